The lowest BCUT2D eigenvalue weighted by Crippen LogP contribution is -2.44. The molecule has 0 aliphatic carbocycles. The van der Waals surface area contributed by atoms with E-state index in [4.69, 9.17) is 4.74 Å². The van der Waals surface area contributed by atoms with Crippen LogP contribution in [0, 0.1) is 0 Å². The van der Waals surface area contributed by atoms with Crippen LogP contribution >= 0.6 is 15.9 Å². The number of pyridine rings is 1. The van der Waals surface area contributed by atoms with Crippen LogP contribution in [0.4, 0.5) is 5.82 Å². The fraction of sp³-hybridized carbons (Fsp3) is 0.643. The third-order valence-corrected chi connectivity index (χ3v) is 3.73. The minimum atomic E-state index is 0.382. The maximum atomic E-state index is 5.50. The number of aromatic nitrogens is 1. The van der Waals surface area contributed by atoms with E-state index in [1.165, 1.54) is 5.56 Å². The molecule has 0 bridgehead atoms. The molecule has 0 aromatic carbocycles. The normalized spacial score (nSPS) is 19.7. The van der Waals surface area contributed by atoms with Crippen molar-refractivity contribution in [1.82, 2.24) is 10.3 Å². The molecule has 4 nitrogen and oxygen atoms in total. The number of hydrogen-bond donors (Lipinski definition) is 1. The van der Waals surface area contributed by atoms with E-state index in [9.17, 15) is 0 Å². The molecule has 5 heteroatoms. The highest BCUT2D eigenvalue weighted by Crippen LogP contribution is 2.24. The predicted molar refractivity (Wildman–Crippen MR) is 81.6 cm³/mol. The lowest BCUT2D eigenvalue weighted by atomic mass is 10.2. The topological polar surface area (TPSA) is 37.4 Å². The fourth-order valence-electron chi connectivity index (χ4n) is 2.30. The Balaban J connectivity index is 2.17. The quantitative estimate of drug-likeness (QED) is 0.843. The fourth-order valence-corrected chi connectivity index (χ4v) is 2.68. The summed E-state index contributed by atoms with van der Waals surface area (Å²) in [6.45, 7) is 8.73. The van der Waals surface area contributed by atoms with Gasteiger partial charge in [0.05, 0.1) is 19.3 Å². The third kappa shape index (κ3) is 3.91. The van der Waals surface area contributed by atoms with E-state index in [-0.39, 0.29) is 0 Å². The molecule has 2 heterocycles. The van der Waals surface area contributed by atoms with E-state index in [1.807, 2.05) is 6.20 Å². The zero-order chi connectivity index (χ0) is 13.7. The molecule has 1 saturated heterocycles. The first-order valence-corrected chi connectivity index (χ1v) is 7.71. The molecule has 1 atom stereocenters. The molecule has 0 spiro atoms. The van der Waals surface area contributed by atoms with Gasteiger partial charge in [0.25, 0.3) is 0 Å². The van der Waals surface area contributed by atoms with Gasteiger partial charge in [-0.15, -0.1) is 0 Å². The Morgan fingerprint density at radius 2 is 2.42 bits per heavy atom. The molecule has 1 aliphatic heterocycles. The van der Waals surface area contributed by atoms with Gasteiger partial charge in [0.2, 0.25) is 0 Å². The minimum absolute atomic E-state index is 0.382. The van der Waals surface area contributed by atoms with Crippen LogP contribution in [0.15, 0.2) is 16.7 Å². The Labute approximate surface area is 123 Å². The summed E-state index contributed by atoms with van der Waals surface area (Å²) in [6.07, 6.45) is 3.02. The average Bonchev–Trinajstić information content (AvgIpc) is 2.40. The van der Waals surface area contributed by atoms with Crippen LogP contribution in [0.2, 0.25) is 0 Å². The molecular formula is C14H22BrN3O. The Hall–Kier alpha value is -0.650. The highest BCUT2D eigenvalue weighted by molar-refractivity contribution is 9.10. The smallest absolute Gasteiger partial charge is 0.133 e. The molecule has 1 fully saturated rings. The number of anilines is 1. The summed E-state index contributed by atoms with van der Waals surface area (Å²) in [6, 6.07) is 2.54. The monoisotopic (exact) mass is 327 g/mol. The lowest BCUT2D eigenvalue weighted by Gasteiger charge is -2.35. The SMILES string of the molecule is CCCNCc1cc(Br)cnc1N1CCOCC1C. The van der Waals surface area contributed by atoms with Crippen molar-refractivity contribution in [3.05, 3.63) is 22.3 Å². The second-order valence-corrected chi connectivity index (χ2v) is 5.85. The van der Waals surface area contributed by atoms with Gasteiger partial charge in [-0.2, -0.15) is 0 Å². The highest BCUT2D eigenvalue weighted by Gasteiger charge is 2.22. The number of hydrogen-bond acceptors (Lipinski definition) is 4. The summed E-state index contributed by atoms with van der Waals surface area (Å²) in [4.78, 5) is 6.96. The molecule has 0 radical (unpaired) electrons. The van der Waals surface area contributed by atoms with Crippen LogP contribution in [-0.2, 0) is 11.3 Å². The predicted octanol–water partition coefficient (Wildman–Crippen LogP) is 2.57. The van der Waals surface area contributed by atoms with E-state index >= 15 is 0 Å². The summed E-state index contributed by atoms with van der Waals surface area (Å²) >= 11 is 3.51. The van der Waals surface area contributed by atoms with Crippen molar-refractivity contribution in [2.45, 2.75) is 32.9 Å². The van der Waals surface area contributed by atoms with Crippen LogP contribution < -0.4 is 10.2 Å². The zero-order valence-corrected chi connectivity index (χ0v) is 13.2. The van der Waals surface area contributed by atoms with E-state index in [2.05, 4.69) is 51.0 Å². The Kier molecular flexibility index (Phi) is 5.60. The Morgan fingerprint density at radius 3 is 3.16 bits per heavy atom. The molecule has 2 rings (SSSR count). The van der Waals surface area contributed by atoms with Gasteiger partial charge < -0.3 is 15.0 Å². The minimum Gasteiger partial charge on any atom is -0.377 e. The molecule has 1 aromatic rings. The molecule has 1 N–H and O–H groups in total. The third-order valence-electron chi connectivity index (χ3n) is 3.29. The van der Waals surface area contributed by atoms with Gasteiger partial charge in [0.15, 0.2) is 0 Å². The van der Waals surface area contributed by atoms with Crippen LogP contribution in [-0.4, -0.2) is 37.3 Å². The van der Waals surface area contributed by atoms with E-state index in [0.29, 0.717) is 6.04 Å². The van der Waals surface area contributed by atoms with Crippen molar-refractivity contribution < 1.29 is 4.74 Å². The highest BCUT2D eigenvalue weighted by atomic mass is 79.9. The lowest BCUT2D eigenvalue weighted by molar-refractivity contribution is 0.0984. The standard InChI is InChI=1S/C14H22BrN3O/c1-3-4-16-8-12-7-13(15)9-17-14(12)18-5-6-19-10-11(18)2/h7,9,11,16H,3-6,8,10H2,1-2H3. The molecular weight excluding hydrogens is 306 g/mol. The van der Waals surface area contributed by atoms with E-state index in [1.54, 1.807) is 0 Å². The van der Waals surface area contributed by atoms with Crippen molar-refractivity contribution in [2.75, 3.05) is 31.2 Å². The molecule has 106 valence electrons. The second-order valence-electron chi connectivity index (χ2n) is 4.93. The van der Waals surface area contributed by atoms with Crippen LogP contribution in [0.25, 0.3) is 0 Å². The molecule has 0 amide bonds. The van der Waals surface area contributed by atoms with Gasteiger partial charge in [-0.1, -0.05) is 6.92 Å². The molecule has 19 heavy (non-hydrogen) atoms. The van der Waals surface area contributed by atoms with Gasteiger partial charge in [0, 0.05) is 29.3 Å². The maximum Gasteiger partial charge on any atom is 0.133 e. The van der Waals surface area contributed by atoms with Crippen molar-refractivity contribution in [1.29, 1.82) is 0 Å². The summed E-state index contributed by atoms with van der Waals surface area (Å²) in [5.41, 5.74) is 1.25. The first kappa shape index (κ1) is 14.8. The second kappa shape index (κ2) is 7.22. The van der Waals surface area contributed by atoms with E-state index < -0.39 is 0 Å². The average molecular weight is 328 g/mol. The molecule has 1 aliphatic rings. The Bertz CT molecular complexity index is 414. The number of halogens is 1. The number of ether oxygens (including phenoxy) is 1. The van der Waals surface area contributed by atoms with Crippen LogP contribution in [0.3, 0.4) is 0 Å². The summed E-state index contributed by atoms with van der Waals surface area (Å²) in [5, 5.41) is 3.45. The largest absolute Gasteiger partial charge is 0.377 e. The molecule has 1 aromatic heterocycles. The summed E-state index contributed by atoms with van der Waals surface area (Å²) in [5.74, 6) is 1.09. The van der Waals surface area contributed by atoms with Crippen LogP contribution in [0.5, 0.6) is 0 Å². The van der Waals surface area contributed by atoms with Crippen molar-refractivity contribution in [3.8, 4) is 0 Å². The van der Waals surface area contributed by atoms with Gasteiger partial charge in [0.1, 0.15) is 5.82 Å². The van der Waals surface area contributed by atoms with Crippen molar-refractivity contribution >= 4 is 21.7 Å². The van der Waals surface area contributed by atoms with Gasteiger partial charge in [-0.05, 0) is 41.9 Å². The summed E-state index contributed by atoms with van der Waals surface area (Å²) < 4.78 is 6.53. The maximum absolute atomic E-state index is 5.50. The van der Waals surface area contributed by atoms with Gasteiger partial charge in [-0.3, -0.25) is 0 Å². The van der Waals surface area contributed by atoms with Gasteiger partial charge in [-0.25, -0.2) is 4.98 Å². The first-order chi connectivity index (χ1) is 9.22. The molecule has 0 saturated carbocycles. The molecule has 1 unspecified atom stereocenters. The van der Waals surface area contributed by atoms with Crippen LogP contribution in [0.1, 0.15) is 25.8 Å². The number of nitrogens with one attached hydrogen (secondary N) is 1. The van der Waals surface area contributed by atoms with E-state index in [0.717, 1.165) is 49.6 Å². The number of morpholine rings is 1. The Morgan fingerprint density at radius 1 is 1.58 bits per heavy atom. The summed E-state index contributed by atoms with van der Waals surface area (Å²) in [7, 11) is 0. The van der Waals surface area contributed by atoms with Crippen molar-refractivity contribution in [3.63, 3.8) is 0 Å². The number of nitrogens with zero attached hydrogens (tertiary/aromatic N) is 2. The van der Waals surface area contributed by atoms with Crippen molar-refractivity contribution in [2.24, 2.45) is 0 Å². The zero-order valence-electron chi connectivity index (χ0n) is 11.7. The first-order valence-electron chi connectivity index (χ1n) is 6.92. The van der Waals surface area contributed by atoms with Gasteiger partial charge >= 0.3 is 0 Å². The number of rotatable bonds is 5.